The molecule has 7 heteroatoms. The Kier molecular flexibility index (Phi) is 2.85. The molecular weight excluding hydrogens is 320 g/mol. The molecule has 4 aromatic rings. The van der Waals surface area contributed by atoms with E-state index in [4.69, 9.17) is 9.47 Å². The molecule has 1 aliphatic rings. The van der Waals surface area contributed by atoms with Crippen LogP contribution in [0.2, 0.25) is 0 Å². The van der Waals surface area contributed by atoms with Crippen molar-refractivity contribution in [2.45, 2.75) is 13.5 Å². The van der Waals surface area contributed by atoms with Gasteiger partial charge in [0, 0.05) is 23.8 Å². The maximum Gasteiger partial charge on any atom is 0.351 e. The van der Waals surface area contributed by atoms with Gasteiger partial charge in [-0.25, -0.2) is 13.9 Å². The first-order chi connectivity index (χ1) is 12.2. The summed E-state index contributed by atoms with van der Waals surface area (Å²) in [5.74, 6) is 1.34. The molecule has 0 aliphatic carbocycles. The summed E-state index contributed by atoms with van der Waals surface area (Å²) in [5.41, 5.74) is 3.06. The summed E-state index contributed by atoms with van der Waals surface area (Å²) >= 11 is 0. The zero-order valence-corrected chi connectivity index (χ0v) is 13.5. The van der Waals surface area contributed by atoms with E-state index in [1.54, 1.807) is 16.8 Å². The molecule has 0 radical (unpaired) electrons. The van der Waals surface area contributed by atoms with Gasteiger partial charge >= 0.3 is 5.69 Å². The van der Waals surface area contributed by atoms with Crippen molar-refractivity contribution in [1.82, 2.24) is 19.2 Å². The van der Waals surface area contributed by atoms with Crippen LogP contribution in [0.25, 0.3) is 16.6 Å². The average molecular weight is 334 g/mol. The monoisotopic (exact) mass is 334 g/mol. The fourth-order valence-corrected chi connectivity index (χ4v) is 3.20. The van der Waals surface area contributed by atoms with E-state index in [1.807, 2.05) is 37.3 Å². The van der Waals surface area contributed by atoms with Crippen molar-refractivity contribution in [3.05, 3.63) is 64.3 Å². The van der Waals surface area contributed by atoms with Crippen LogP contribution < -0.4 is 15.2 Å². The highest BCUT2D eigenvalue weighted by Gasteiger charge is 2.19. The Bertz CT molecular complexity index is 1180. The average Bonchev–Trinajstić information content (AvgIpc) is 3.20. The van der Waals surface area contributed by atoms with Gasteiger partial charge in [0.1, 0.15) is 0 Å². The van der Waals surface area contributed by atoms with Crippen LogP contribution in [0.5, 0.6) is 11.5 Å². The fourth-order valence-electron chi connectivity index (χ4n) is 3.20. The van der Waals surface area contributed by atoms with E-state index < -0.39 is 0 Å². The number of aromatic nitrogens is 4. The van der Waals surface area contributed by atoms with Crippen LogP contribution in [-0.2, 0) is 6.54 Å². The van der Waals surface area contributed by atoms with Crippen LogP contribution in [0.3, 0.4) is 0 Å². The van der Waals surface area contributed by atoms with Crippen LogP contribution >= 0.6 is 0 Å². The molecule has 3 aromatic heterocycles. The number of fused-ring (bicyclic) bond motifs is 4. The maximum absolute atomic E-state index is 13.0. The van der Waals surface area contributed by atoms with Gasteiger partial charge in [0.25, 0.3) is 0 Å². The lowest BCUT2D eigenvalue weighted by Gasteiger charge is -2.05. The molecular formula is C18H14N4O3. The van der Waals surface area contributed by atoms with Gasteiger partial charge in [-0.15, -0.1) is 5.10 Å². The van der Waals surface area contributed by atoms with E-state index in [-0.39, 0.29) is 12.5 Å². The number of benzene rings is 1. The first-order valence-corrected chi connectivity index (χ1v) is 7.92. The minimum atomic E-state index is -0.189. The third-order valence-electron chi connectivity index (χ3n) is 4.38. The minimum absolute atomic E-state index is 0.189. The molecule has 0 spiro atoms. The summed E-state index contributed by atoms with van der Waals surface area (Å²) in [6.45, 7) is 2.52. The van der Waals surface area contributed by atoms with E-state index in [1.165, 1.54) is 4.68 Å². The summed E-state index contributed by atoms with van der Waals surface area (Å²) in [6.07, 6.45) is 3.44. The first kappa shape index (κ1) is 14.0. The predicted octanol–water partition coefficient (Wildman–Crippen LogP) is 2.13. The Balaban J connectivity index is 1.77. The molecule has 0 saturated heterocycles. The van der Waals surface area contributed by atoms with Gasteiger partial charge in [0.15, 0.2) is 17.1 Å². The molecule has 124 valence electrons. The van der Waals surface area contributed by atoms with Crippen LogP contribution in [0.15, 0.2) is 47.5 Å². The zero-order valence-electron chi connectivity index (χ0n) is 13.5. The normalized spacial score (nSPS) is 13.0. The van der Waals surface area contributed by atoms with Gasteiger partial charge < -0.3 is 9.47 Å². The largest absolute Gasteiger partial charge is 0.454 e. The SMILES string of the molecule is Cc1cc2cc3c(cc2n2c(=O)n(Cc4cccnc4)nc12)OCO3. The molecule has 0 bridgehead atoms. The van der Waals surface area contributed by atoms with Crippen LogP contribution in [0, 0.1) is 6.92 Å². The molecule has 25 heavy (non-hydrogen) atoms. The molecule has 4 heterocycles. The molecule has 0 saturated carbocycles. The Morgan fingerprint density at radius 3 is 2.84 bits per heavy atom. The van der Waals surface area contributed by atoms with Crippen molar-refractivity contribution in [3.63, 3.8) is 0 Å². The predicted molar refractivity (Wildman–Crippen MR) is 91.2 cm³/mol. The highest BCUT2D eigenvalue weighted by Crippen LogP contribution is 2.36. The van der Waals surface area contributed by atoms with E-state index in [2.05, 4.69) is 10.1 Å². The van der Waals surface area contributed by atoms with Crippen molar-refractivity contribution >= 4 is 16.6 Å². The van der Waals surface area contributed by atoms with Gasteiger partial charge in [0.2, 0.25) is 6.79 Å². The number of rotatable bonds is 2. The lowest BCUT2D eigenvalue weighted by Crippen LogP contribution is -2.22. The molecule has 0 amide bonds. The number of ether oxygens (including phenoxy) is 2. The van der Waals surface area contributed by atoms with Crippen molar-refractivity contribution in [1.29, 1.82) is 0 Å². The van der Waals surface area contributed by atoms with Crippen molar-refractivity contribution in [3.8, 4) is 11.5 Å². The molecule has 5 rings (SSSR count). The first-order valence-electron chi connectivity index (χ1n) is 7.92. The highest BCUT2D eigenvalue weighted by molar-refractivity contribution is 5.86. The lowest BCUT2D eigenvalue weighted by atomic mass is 10.1. The van der Waals surface area contributed by atoms with E-state index in [9.17, 15) is 4.79 Å². The van der Waals surface area contributed by atoms with Crippen molar-refractivity contribution in [2.75, 3.05) is 6.79 Å². The van der Waals surface area contributed by atoms with Gasteiger partial charge in [-0.3, -0.25) is 4.98 Å². The van der Waals surface area contributed by atoms with E-state index in [0.29, 0.717) is 23.7 Å². The van der Waals surface area contributed by atoms with Crippen LogP contribution in [-0.4, -0.2) is 26.0 Å². The lowest BCUT2D eigenvalue weighted by molar-refractivity contribution is 0.174. The maximum atomic E-state index is 13.0. The minimum Gasteiger partial charge on any atom is -0.454 e. The van der Waals surface area contributed by atoms with Crippen LogP contribution in [0.4, 0.5) is 0 Å². The molecule has 0 unspecified atom stereocenters. The molecule has 0 N–H and O–H groups in total. The second-order valence-electron chi connectivity index (χ2n) is 6.05. The van der Waals surface area contributed by atoms with Gasteiger partial charge in [-0.2, -0.15) is 0 Å². The number of nitrogens with zero attached hydrogens (tertiary/aromatic N) is 4. The summed E-state index contributed by atoms with van der Waals surface area (Å²) in [7, 11) is 0. The quantitative estimate of drug-likeness (QED) is 0.562. The third-order valence-corrected chi connectivity index (χ3v) is 4.38. The van der Waals surface area contributed by atoms with E-state index >= 15 is 0 Å². The second kappa shape index (κ2) is 5.07. The standard InChI is InChI=1S/C18H14N4O3/c1-11-5-13-6-15-16(25-10-24-15)7-14(13)22-17(11)20-21(18(22)23)9-12-3-2-4-19-8-12/h2-8H,9-10H2,1H3. The number of hydrogen-bond donors (Lipinski definition) is 0. The second-order valence-corrected chi connectivity index (χ2v) is 6.05. The fraction of sp³-hybridized carbons (Fsp3) is 0.167. The zero-order chi connectivity index (χ0) is 17.0. The van der Waals surface area contributed by atoms with Gasteiger partial charge in [0.05, 0.1) is 12.1 Å². The van der Waals surface area contributed by atoms with E-state index in [0.717, 1.165) is 22.0 Å². The Morgan fingerprint density at radius 2 is 2.04 bits per heavy atom. The molecule has 1 aromatic carbocycles. The number of aryl methyl sites for hydroxylation is 1. The number of pyridine rings is 2. The molecule has 7 nitrogen and oxygen atoms in total. The van der Waals surface area contributed by atoms with Crippen molar-refractivity contribution in [2.24, 2.45) is 0 Å². The molecule has 0 atom stereocenters. The Hall–Kier alpha value is -3.35. The summed E-state index contributed by atoms with van der Waals surface area (Å²) in [5, 5.41) is 5.43. The third kappa shape index (κ3) is 2.09. The van der Waals surface area contributed by atoms with Crippen LogP contribution in [0.1, 0.15) is 11.1 Å². The summed E-state index contributed by atoms with van der Waals surface area (Å²) < 4.78 is 14.0. The summed E-state index contributed by atoms with van der Waals surface area (Å²) in [4.78, 5) is 17.1. The Labute approximate surface area is 142 Å². The summed E-state index contributed by atoms with van der Waals surface area (Å²) in [6, 6.07) is 9.51. The highest BCUT2D eigenvalue weighted by atomic mass is 16.7. The van der Waals surface area contributed by atoms with Crippen molar-refractivity contribution < 1.29 is 9.47 Å². The molecule has 1 aliphatic heterocycles. The molecule has 0 fully saturated rings. The van der Waals surface area contributed by atoms with Gasteiger partial charge in [-0.05, 0) is 36.2 Å². The topological polar surface area (TPSA) is 70.7 Å². The van der Waals surface area contributed by atoms with Gasteiger partial charge in [-0.1, -0.05) is 6.07 Å². The number of hydrogen-bond acceptors (Lipinski definition) is 5. The Morgan fingerprint density at radius 1 is 1.20 bits per heavy atom. The smallest absolute Gasteiger partial charge is 0.351 e.